The van der Waals surface area contributed by atoms with Gasteiger partial charge in [0.1, 0.15) is 41.0 Å². The molecule has 1 saturated heterocycles. The van der Waals surface area contributed by atoms with Crippen LogP contribution in [0.5, 0.6) is 11.5 Å². The number of amides is 3. The van der Waals surface area contributed by atoms with Crippen molar-refractivity contribution in [3.8, 4) is 22.8 Å². The number of allylic oxidation sites excluding steroid dienone is 1. The number of fused-ring (bicyclic) bond motifs is 3. The van der Waals surface area contributed by atoms with Gasteiger partial charge in [0, 0.05) is 41.1 Å². The summed E-state index contributed by atoms with van der Waals surface area (Å²) in [4.78, 5) is 49.5. The third-order valence-corrected chi connectivity index (χ3v) is 13.2. The van der Waals surface area contributed by atoms with Crippen molar-refractivity contribution in [1.82, 2.24) is 19.9 Å². The van der Waals surface area contributed by atoms with E-state index < -0.39 is 62.5 Å². The number of sulfonamides is 1. The lowest BCUT2D eigenvalue weighted by Gasteiger charge is -2.30. The maximum absolute atomic E-state index is 14.7. The van der Waals surface area contributed by atoms with E-state index in [9.17, 15) is 27.2 Å². The van der Waals surface area contributed by atoms with Crippen molar-refractivity contribution < 1.29 is 36.7 Å². The van der Waals surface area contributed by atoms with E-state index in [4.69, 9.17) is 14.5 Å². The van der Waals surface area contributed by atoms with E-state index >= 15 is 0 Å². The van der Waals surface area contributed by atoms with Gasteiger partial charge >= 0.3 is 0 Å². The Labute approximate surface area is 331 Å². The molecule has 3 amide bonds. The van der Waals surface area contributed by atoms with Gasteiger partial charge in [0.25, 0.3) is 5.91 Å². The second-order valence-electron chi connectivity index (χ2n) is 15.5. The number of hydrogen-bond donors (Lipinski definition) is 3. The maximum atomic E-state index is 14.7. The van der Waals surface area contributed by atoms with Crippen LogP contribution in [-0.2, 0) is 24.4 Å². The number of halogens is 1. The van der Waals surface area contributed by atoms with Crippen LogP contribution in [0.25, 0.3) is 22.2 Å². The Hall–Kier alpha value is -5.50. The Morgan fingerprint density at radius 3 is 2.58 bits per heavy atom. The van der Waals surface area contributed by atoms with Gasteiger partial charge in [-0.25, -0.2) is 17.8 Å². The summed E-state index contributed by atoms with van der Waals surface area (Å²) in [6, 6.07) is 21.0. The predicted molar refractivity (Wildman–Crippen MR) is 213 cm³/mol. The van der Waals surface area contributed by atoms with Crippen molar-refractivity contribution in [3.05, 3.63) is 96.8 Å². The van der Waals surface area contributed by atoms with Crippen LogP contribution < -0.4 is 24.8 Å². The Morgan fingerprint density at radius 2 is 1.81 bits per heavy atom. The second-order valence-corrected chi connectivity index (χ2v) is 17.4. The highest BCUT2D eigenvalue weighted by atomic mass is 32.2. The fourth-order valence-electron chi connectivity index (χ4n) is 7.96. The molecule has 3 aromatic carbocycles. The molecule has 2 saturated carbocycles. The van der Waals surface area contributed by atoms with Crippen LogP contribution in [0, 0.1) is 11.7 Å². The summed E-state index contributed by atoms with van der Waals surface area (Å²) in [6.45, 7) is 0.0392. The smallest absolute Gasteiger partial charge is 0.259 e. The summed E-state index contributed by atoms with van der Waals surface area (Å²) in [5.41, 5.74) is 1.10. The number of hydrogen-bond acceptors (Lipinski definition) is 9. The molecule has 3 heterocycles. The number of aromatic nitrogens is 1. The van der Waals surface area contributed by atoms with E-state index in [0.29, 0.717) is 65.9 Å². The summed E-state index contributed by atoms with van der Waals surface area (Å²) in [5, 5.41) is 6.25. The summed E-state index contributed by atoms with van der Waals surface area (Å²) in [6.07, 6.45) is 7.93. The number of benzene rings is 3. The first-order chi connectivity index (χ1) is 27.5. The van der Waals surface area contributed by atoms with E-state index in [2.05, 4.69) is 15.4 Å². The van der Waals surface area contributed by atoms with Crippen LogP contribution >= 0.6 is 0 Å². The molecular formula is C43H46FN5O7S. The maximum Gasteiger partial charge on any atom is 0.259 e. The van der Waals surface area contributed by atoms with Crippen LogP contribution in [0.1, 0.15) is 57.8 Å². The number of ether oxygens (including phenoxy) is 2. The van der Waals surface area contributed by atoms with E-state index in [1.165, 1.54) is 17.0 Å². The van der Waals surface area contributed by atoms with Crippen LogP contribution in [0.4, 0.5) is 10.1 Å². The van der Waals surface area contributed by atoms with Crippen molar-refractivity contribution in [3.63, 3.8) is 0 Å². The molecule has 1 aromatic heterocycles. The molecule has 2 aliphatic heterocycles. The fraction of sp³-hybridized carbons (Fsp3) is 0.395. The van der Waals surface area contributed by atoms with Crippen LogP contribution in [0.15, 0.2) is 91.0 Å². The minimum Gasteiger partial charge on any atom is -0.497 e. The van der Waals surface area contributed by atoms with Gasteiger partial charge in [0.15, 0.2) is 0 Å². The number of methoxy groups -OCH3 is 1. The highest BCUT2D eigenvalue weighted by Gasteiger charge is 2.62. The van der Waals surface area contributed by atoms with Gasteiger partial charge in [-0.05, 0) is 68.9 Å². The fourth-order valence-corrected chi connectivity index (χ4v) is 9.33. The highest BCUT2D eigenvalue weighted by Crippen LogP contribution is 2.46. The minimum absolute atomic E-state index is 0.0392. The first-order valence-electron chi connectivity index (χ1n) is 19.6. The number of anilines is 1. The van der Waals surface area contributed by atoms with E-state index in [0.717, 1.165) is 18.4 Å². The molecule has 0 radical (unpaired) electrons. The van der Waals surface area contributed by atoms with Gasteiger partial charge in [-0.1, -0.05) is 61.4 Å². The number of carbonyl (C=O) groups excluding carboxylic acids is 3. The molecule has 0 spiro atoms. The Morgan fingerprint density at radius 1 is 0.982 bits per heavy atom. The van der Waals surface area contributed by atoms with Crippen LogP contribution in [0.2, 0.25) is 0 Å². The third kappa shape index (κ3) is 8.32. The van der Waals surface area contributed by atoms with Crippen molar-refractivity contribution in [1.29, 1.82) is 0 Å². The van der Waals surface area contributed by atoms with Gasteiger partial charge in [0.2, 0.25) is 21.8 Å². The molecule has 4 aromatic rings. The topological polar surface area (TPSA) is 156 Å². The lowest BCUT2D eigenvalue weighted by atomic mass is 10.0. The first kappa shape index (κ1) is 38.4. The Balaban J connectivity index is 1.14. The Bertz CT molecular complexity index is 2320. The lowest BCUT2D eigenvalue weighted by molar-refractivity contribution is -0.140. The van der Waals surface area contributed by atoms with Gasteiger partial charge in [-0.3, -0.25) is 19.1 Å². The average molecular weight is 796 g/mol. The molecule has 5 atom stereocenters. The van der Waals surface area contributed by atoms with Gasteiger partial charge < -0.3 is 25.0 Å². The van der Waals surface area contributed by atoms with Gasteiger partial charge in [-0.15, -0.1) is 0 Å². The zero-order chi connectivity index (χ0) is 39.7. The van der Waals surface area contributed by atoms with Crippen molar-refractivity contribution in [2.75, 3.05) is 19.0 Å². The number of rotatable bonds is 9. The molecule has 14 heteroatoms. The number of carbonyl (C=O) groups is 3. The van der Waals surface area contributed by atoms with Gasteiger partial charge in [0.05, 0.1) is 30.1 Å². The second kappa shape index (κ2) is 15.8. The largest absolute Gasteiger partial charge is 0.497 e. The molecule has 8 rings (SSSR count). The molecule has 4 aliphatic rings. The van der Waals surface area contributed by atoms with Crippen LogP contribution in [0.3, 0.4) is 0 Å². The summed E-state index contributed by atoms with van der Waals surface area (Å²) < 4.78 is 54.6. The quantitative estimate of drug-likeness (QED) is 0.176. The first-order valence-corrected chi connectivity index (χ1v) is 21.2. The number of nitrogens with zero attached hydrogens (tertiary/aromatic N) is 2. The monoisotopic (exact) mass is 795 g/mol. The van der Waals surface area contributed by atoms with Gasteiger partial charge in [-0.2, -0.15) is 0 Å². The molecule has 0 unspecified atom stereocenters. The van der Waals surface area contributed by atoms with Crippen molar-refractivity contribution in [2.45, 2.75) is 86.8 Å². The minimum atomic E-state index is -3.89. The summed E-state index contributed by atoms with van der Waals surface area (Å²) in [5.74, 6) is -1.47. The molecule has 2 aliphatic carbocycles. The zero-order valence-electron chi connectivity index (χ0n) is 31.7. The molecular weight excluding hydrogens is 750 g/mol. The molecule has 12 nitrogen and oxygen atoms in total. The van der Waals surface area contributed by atoms with Crippen molar-refractivity contribution in [2.24, 2.45) is 5.92 Å². The van der Waals surface area contributed by atoms with E-state index in [1.54, 1.807) is 19.2 Å². The predicted octanol–water partition coefficient (Wildman–Crippen LogP) is 5.88. The normalized spacial score (nSPS) is 25.3. The lowest BCUT2D eigenvalue weighted by Crippen LogP contribution is -2.57. The Kier molecular flexibility index (Phi) is 10.6. The molecule has 3 fully saturated rings. The third-order valence-electron chi connectivity index (χ3n) is 11.4. The molecule has 0 bridgehead atoms. The highest BCUT2D eigenvalue weighted by molar-refractivity contribution is 7.91. The molecule has 3 N–H and O–H groups in total. The van der Waals surface area contributed by atoms with Crippen LogP contribution in [-0.4, -0.2) is 78.7 Å². The summed E-state index contributed by atoms with van der Waals surface area (Å²) in [7, 11) is -2.31. The molecule has 57 heavy (non-hydrogen) atoms. The zero-order valence-corrected chi connectivity index (χ0v) is 32.5. The van der Waals surface area contributed by atoms with E-state index in [-0.39, 0.29) is 25.3 Å². The summed E-state index contributed by atoms with van der Waals surface area (Å²) >= 11 is 0. The number of pyridine rings is 1. The van der Waals surface area contributed by atoms with E-state index in [1.807, 2.05) is 66.7 Å². The van der Waals surface area contributed by atoms with Crippen molar-refractivity contribution >= 4 is 44.3 Å². The SMILES string of the molecule is COc1ccc2c(O[C@@H]3C[C@H]4C(=O)N[C@]5(C(=O)NS(=O)(=O)C6CC6)C[C@H]5C=CCCCCC[C@H](Nc5cccc(F)c5)C(=O)N4C3)cc(-c3ccccc3)nc2c1. The number of nitrogens with one attached hydrogen (secondary N) is 3. The molecule has 298 valence electrons. The average Bonchev–Trinajstić information content (AvgIpc) is 4.13. The standard InChI is InChI=1S/C43H46FN5O7S/c1-55-31-17-20-34-37(22-31)46-36(27-11-6-5-7-12-27)24-39(34)56-32-23-38-40(50)47-43(42(52)48-57(53,54)33-18-19-33)25-28(43)13-8-3-2-4-9-16-35(41(51)49(38)26-32)45-30-15-10-14-29(44)21-30/h5-8,10-15,17,20-22,24,28,32-33,35,38,45H,2-4,9,16,18-19,23,25-26H2,1H3,(H,47,50)(H,48,52)/t28-,32-,35+,38+,43-/m1/s1.